The largest absolute Gasteiger partial charge is 0.451 e. The molecule has 132 valence electrons. The highest BCUT2D eigenvalue weighted by molar-refractivity contribution is 6.48. The quantitative estimate of drug-likeness (QED) is 0.692. The standard InChI is InChI=1S/C16H12Cl3FN2O3/c1-2-22(10-5-3-9(20)4-6-10)12(23)8-25-16(24)15-14(19)13(18)11(17)7-21-15/h3-7H,2,8H2,1H3. The molecule has 0 aliphatic heterocycles. The predicted octanol–water partition coefficient (Wildman–Crippen LogP) is 4.39. The van der Waals surface area contributed by atoms with Crippen LogP contribution in [0.1, 0.15) is 17.4 Å². The highest BCUT2D eigenvalue weighted by Gasteiger charge is 2.21. The zero-order valence-electron chi connectivity index (χ0n) is 12.9. The normalized spacial score (nSPS) is 10.4. The minimum absolute atomic E-state index is 0.0295. The fraction of sp³-hybridized carbons (Fsp3) is 0.188. The van der Waals surface area contributed by atoms with Gasteiger partial charge in [-0.25, -0.2) is 14.2 Å². The number of halogens is 4. The summed E-state index contributed by atoms with van der Waals surface area (Å²) in [7, 11) is 0. The first kappa shape index (κ1) is 19.4. The van der Waals surface area contributed by atoms with Gasteiger partial charge >= 0.3 is 5.97 Å². The van der Waals surface area contributed by atoms with Gasteiger partial charge in [0, 0.05) is 18.4 Å². The molecule has 0 saturated carbocycles. The molecule has 0 bridgehead atoms. The van der Waals surface area contributed by atoms with Crippen molar-refractivity contribution in [3.05, 3.63) is 57.0 Å². The van der Waals surface area contributed by atoms with E-state index in [9.17, 15) is 14.0 Å². The summed E-state index contributed by atoms with van der Waals surface area (Å²) in [6.45, 7) is 1.51. The molecule has 1 heterocycles. The van der Waals surface area contributed by atoms with Gasteiger partial charge in [-0.1, -0.05) is 34.8 Å². The van der Waals surface area contributed by atoms with Crippen molar-refractivity contribution >= 4 is 52.4 Å². The molecule has 0 saturated heterocycles. The Hall–Kier alpha value is -1.89. The van der Waals surface area contributed by atoms with Crippen molar-refractivity contribution in [2.45, 2.75) is 6.92 Å². The SMILES string of the molecule is CCN(C(=O)COC(=O)c1ncc(Cl)c(Cl)c1Cl)c1ccc(F)cc1. The lowest BCUT2D eigenvalue weighted by Gasteiger charge is -2.20. The van der Waals surface area contributed by atoms with Gasteiger partial charge in [0.2, 0.25) is 0 Å². The van der Waals surface area contributed by atoms with E-state index in [1.807, 2.05) is 0 Å². The molecule has 5 nitrogen and oxygen atoms in total. The summed E-state index contributed by atoms with van der Waals surface area (Å²) in [5.74, 6) is -1.82. The molecule has 0 aliphatic carbocycles. The summed E-state index contributed by atoms with van der Waals surface area (Å²) in [4.78, 5) is 29.4. The van der Waals surface area contributed by atoms with Crippen LogP contribution < -0.4 is 4.90 Å². The molecule has 2 rings (SSSR count). The van der Waals surface area contributed by atoms with Crippen molar-refractivity contribution in [1.29, 1.82) is 0 Å². The molecule has 1 aromatic heterocycles. The van der Waals surface area contributed by atoms with E-state index in [4.69, 9.17) is 39.5 Å². The summed E-state index contributed by atoms with van der Waals surface area (Å²) < 4.78 is 17.9. The Labute approximate surface area is 158 Å². The molecule has 1 amide bonds. The molecule has 9 heteroatoms. The van der Waals surface area contributed by atoms with Crippen LogP contribution in [-0.2, 0) is 9.53 Å². The zero-order valence-corrected chi connectivity index (χ0v) is 15.2. The zero-order chi connectivity index (χ0) is 18.6. The van der Waals surface area contributed by atoms with Crippen molar-refractivity contribution in [2.24, 2.45) is 0 Å². The van der Waals surface area contributed by atoms with E-state index in [0.29, 0.717) is 12.2 Å². The van der Waals surface area contributed by atoms with E-state index >= 15 is 0 Å². The van der Waals surface area contributed by atoms with Gasteiger partial charge in [0.05, 0.1) is 15.1 Å². The fourth-order valence-electron chi connectivity index (χ4n) is 1.98. The number of hydrogen-bond donors (Lipinski definition) is 0. The number of likely N-dealkylation sites (N-methyl/N-ethyl adjacent to an activating group) is 1. The molecule has 0 unspecified atom stereocenters. The van der Waals surface area contributed by atoms with Crippen molar-refractivity contribution in [2.75, 3.05) is 18.1 Å². The highest BCUT2D eigenvalue weighted by atomic mass is 35.5. The maximum Gasteiger partial charge on any atom is 0.359 e. The van der Waals surface area contributed by atoms with E-state index in [1.165, 1.54) is 29.2 Å². The Bertz CT molecular complexity index is 800. The van der Waals surface area contributed by atoms with E-state index in [-0.39, 0.29) is 20.8 Å². The fourth-order valence-corrected chi connectivity index (χ4v) is 2.54. The van der Waals surface area contributed by atoms with Gasteiger partial charge in [0.25, 0.3) is 5.91 Å². The lowest BCUT2D eigenvalue weighted by molar-refractivity contribution is -0.121. The lowest BCUT2D eigenvalue weighted by atomic mass is 10.2. The monoisotopic (exact) mass is 404 g/mol. The van der Waals surface area contributed by atoms with Crippen LogP contribution in [-0.4, -0.2) is 30.0 Å². The second-order valence-corrected chi connectivity index (χ2v) is 5.94. The number of carbonyl (C=O) groups is 2. The van der Waals surface area contributed by atoms with Crippen molar-refractivity contribution < 1.29 is 18.7 Å². The molecule has 2 aromatic rings. The Morgan fingerprint density at radius 3 is 2.40 bits per heavy atom. The third-order valence-electron chi connectivity index (χ3n) is 3.19. The first-order valence-corrected chi connectivity index (χ1v) is 8.21. The van der Waals surface area contributed by atoms with Gasteiger partial charge in [0.15, 0.2) is 12.3 Å². The Morgan fingerprint density at radius 2 is 1.80 bits per heavy atom. The minimum atomic E-state index is -0.910. The van der Waals surface area contributed by atoms with Crippen molar-refractivity contribution in [3.63, 3.8) is 0 Å². The van der Waals surface area contributed by atoms with Crippen LogP contribution in [0.4, 0.5) is 10.1 Å². The van der Waals surface area contributed by atoms with E-state index < -0.39 is 24.3 Å². The number of benzene rings is 1. The molecule has 0 spiro atoms. The summed E-state index contributed by atoms with van der Waals surface area (Å²) in [6.07, 6.45) is 1.16. The Balaban J connectivity index is 2.06. The van der Waals surface area contributed by atoms with Gasteiger partial charge < -0.3 is 9.64 Å². The van der Waals surface area contributed by atoms with Crippen molar-refractivity contribution in [1.82, 2.24) is 4.98 Å². The van der Waals surface area contributed by atoms with E-state index in [1.54, 1.807) is 6.92 Å². The van der Waals surface area contributed by atoms with Crippen LogP contribution in [0.5, 0.6) is 0 Å². The minimum Gasteiger partial charge on any atom is -0.451 e. The van der Waals surface area contributed by atoms with Crippen LogP contribution in [0.15, 0.2) is 30.5 Å². The van der Waals surface area contributed by atoms with Gasteiger partial charge in [-0.15, -0.1) is 0 Å². The number of carbonyl (C=O) groups excluding carboxylic acids is 2. The third kappa shape index (κ3) is 4.60. The Morgan fingerprint density at radius 1 is 1.16 bits per heavy atom. The number of anilines is 1. The summed E-state index contributed by atoms with van der Waals surface area (Å²) in [5, 5.41) is -0.0941. The summed E-state index contributed by atoms with van der Waals surface area (Å²) >= 11 is 17.5. The molecule has 0 N–H and O–H groups in total. The van der Waals surface area contributed by atoms with E-state index in [2.05, 4.69) is 4.98 Å². The molecule has 25 heavy (non-hydrogen) atoms. The number of rotatable bonds is 5. The van der Waals surface area contributed by atoms with Crippen LogP contribution in [0, 0.1) is 5.82 Å². The Kier molecular flexibility index (Phi) is 6.58. The maximum absolute atomic E-state index is 13.0. The second kappa shape index (κ2) is 8.47. The maximum atomic E-state index is 13.0. The lowest BCUT2D eigenvalue weighted by Crippen LogP contribution is -2.34. The molecular formula is C16H12Cl3FN2O3. The first-order valence-electron chi connectivity index (χ1n) is 7.07. The highest BCUT2D eigenvalue weighted by Crippen LogP contribution is 2.31. The molecule has 0 aliphatic rings. The van der Waals surface area contributed by atoms with Crippen LogP contribution in [0.3, 0.4) is 0 Å². The molecule has 0 radical (unpaired) electrons. The van der Waals surface area contributed by atoms with Gasteiger partial charge in [-0.2, -0.15) is 0 Å². The molecule has 1 aromatic carbocycles. The molecule has 0 atom stereocenters. The topological polar surface area (TPSA) is 59.5 Å². The molecule has 0 fully saturated rings. The summed E-state index contributed by atoms with van der Waals surface area (Å²) in [6, 6.07) is 5.37. The van der Waals surface area contributed by atoms with Gasteiger partial charge in [-0.3, -0.25) is 4.79 Å². The van der Waals surface area contributed by atoms with Crippen LogP contribution >= 0.6 is 34.8 Å². The average molecular weight is 406 g/mol. The number of esters is 1. The number of amides is 1. The molecular weight excluding hydrogens is 394 g/mol. The van der Waals surface area contributed by atoms with E-state index in [0.717, 1.165) is 6.20 Å². The second-order valence-electron chi connectivity index (χ2n) is 4.77. The number of ether oxygens (including phenoxy) is 1. The van der Waals surface area contributed by atoms with Crippen LogP contribution in [0.25, 0.3) is 0 Å². The number of aromatic nitrogens is 1. The summed E-state index contributed by atoms with van der Waals surface area (Å²) in [5.41, 5.74) is 0.240. The third-order valence-corrected chi connectivity index (χ3v) is 4.43. The number of nitrogens with zero attached hydrogens (tertiary/aromatic N) is 2. The smallest absolute Gasteiger partial charge is 0.359 e. The number of pyridine rings is 1. The predicted molar refractivity (Wildman–Crippen MR) is 94.0 cm³/mol. The van der Waals surface area contributed by atoms with Gasteiger partial charge in [0.1, 0.15) is 5.82 Å². The number of hydrogen-bond acceptors (Lipinski definition) is 4. The van der Waals surface area contributed by atoms with Crippen LogP contribution in [0.2, 0.25) is 15.1 Å². The van der Waals surface area contributed by atoms with Crippen molar-refractivity contribution in [3.8, 4) is 0 Å². The van der Waals surface area contributed by atoms with Gasteiger partial charge in [-0.05, 0) is 31.2 Å². The first-order chi connectivity index (χ1) is 11.8. The average Bonchev–Trinajstić information content (AvgIpc) is 2.60.